The zero-order valence-corrected chi connectivity index (χ0v) is 13.7. The van der Waals surface area contributed by atoms with Crippen molar-refractivity contribution in [2.45, 2.75) is 19.9 Å². The number of hydrogen-bond donors (Lipinski definition) is 3. The molecule has 0 saturated carbocycles. The number of imidazole rings is 1. The van der Waals surface area contributed by atoms with E-state index in [4.69, 9.17) is 0 Å². The van der Waals surface area contributed by atoms with Gasteiger partial charge in [-0.05, 0) is 26.0 Å². The van der Waals surface area contributed by atoms with Gasteiger partial charge >= 0.3 is 0 Å². The molecule has 0 bridgehead atoms. The lowest BCUT2D eigenvalue weighted by Crippen LogP contribution is -2.28. The van der Waals surface area contributed by atoms with Crippen molar-refractivity contribution in [2.24, 2.45) is 0 Å². The molecule has 0 aliphatic heterocycles. The molecule has 3 N–H and O–H groups in total. The summed E-state index contributed by atoms with van der Waals surface area (Å²) in [6.45, 7) is 7.62. The summed E-state index contributed by atoms with van der Waals surface area (Å²) >= 11 is 0. The zero-order valence-electron chi connectivity index (χ0n) is 13.7. The number of hydrogen-bond acceptors (Lipinski definition) is 5. The molecule has 1 amide bonds. The lowest BCUT2D eigenvalue weighted by molar-refractivity contribution is 0.0948. The summed E-state index contributed by atoms with van der Waals surface area (Å²) in [5.74, 6) is 0.684. The number of nitrogens with one attached hydrogen (secondary N) is 3. The van der Waals surface area contributed by atoms with E-state index in [1.165, 1.54) is 18.6 Å². The van der Waals surface area contributed by atoms with E-state index in [0.29, 0.717) is 18.8 Å². The van der Waals surface area contributed by atoms with Gasteiger partial charge in [-0.25, -0.2) is 9.97 Å². The number of H-pyrrole nitrogens is 1. The fourth-order valence-corrected chi connectivity index (χ4v) is 2.08. The third-order valence-electron chi connectivity index (χ3n) is 3.27. The highest BCUT2D eigenvalue weighted by Crippen LogP contribution is 2.06. The maximum Gasteiger partial charge on any atom is 0.271 e. The number of aromatic amines is 1. The molecule has 0 unspecified atom stereocenters. The standard InChI is InChI=1S/C17H22N6O/c1-3-4-6-14-13(2)22-16(23-14)12-18-7-5-8-21-17(24)15-11-19-9-10-20-15/h3-4,6,9-11,18H,1,5,7-8,12H2,2H3,(H,21,24)(H,22,23)/b6-4-. The average molecular weight is 326 g/mol. The Labute approximate surface area is 141 Å². The number of nitrogens with zero attached hydrogens (tertiary/aromatic N) is 3. The van der Waals surface area contributed by atoms with Crippen LogP contribution in [0.1, 0.15) is 34.1 Å². The first-order valence-electron chi connectivity index (χ1n) is 7.80. The number of allylic oxidation sites excluding steroid dienone is 2. The predicted octanol–water partition coefficient (Wildman–Crippen LogP) is 1.62. The number of aromatic nitrogens is 4. The van der Waals surface area contributed by atoms with E-state index in [2.05, 4.69) is 37.1 Å². The summed E-state index contributed by atoms with van der Waals surface area (Å²) in [4.78, 5) is 27.3. The van der Waals surface area contributed by atoms with Crippen molar-refractivity contribution in [3.05, 3.63) is 60.2 Å². The van der Waals surface area contributed by atoms with Gasteiger partial charge in [0.05, 0.1) is 24.1 Å². The Kier molecular flexibility index (Phi) is 6.85. The van der Waals surface area contributed by atoms with E-state index in [1.807, 2.05) is 19.1 Å². The molecule has 0 aliphatic rings. The number of carbonyl (C=O) groups is 1. The Morgan fingerprint density at radius 3 is 3.00 bits per heavy atom. The van der Waals surface area contributed by atoms with Crippen LogP contribution in [0.5, 0.6) is 0 Å². The monoisotopic (exact) mass is 326 g/mol. The molecule has 2 aromatic rings. The summed E-state index contributed by atoms with van der Waals surface area (Å²) in [5.41, 5.74) is 2.28. The van der Waals surface area contributed by atoms with Gasteiger partial charge in [0.1, 0.15) is 11.5 Å². The smallest absolute Gasteiger partial charge is 0.271 e. The second-order valence-electron chi connectivity index (χ2n) is 5.15. The van der Waals surface area contributed by atoms with Gasteiger partial charge in [-0.1, -0.05) is 18.7 Å². The maximum atomic E-state index is 11.8. The van der Waals surface area contributed by atoms with E-state index >= 15 is 0 Å². The van der Waals surface area contributed by atoms with Crippen molar-refractivity contribution in [2.75, 3.05) is 13.1 Å². The molecular weight excluding hydrogens is 304 g/mol. The van der Waals surface area contributed by atoms with E-state index in [9.17, 15) is 4.79 Å². The van der Waals surface area contributed by atoms with E-state index < -0.39 is 0 Å². The van der Waals surface area contributed by atoms with Gasteiger partial charge in [-0.15, -0.1) is 0 Å². The molecule has 24 heavy (non-hydrogen) atoms. The third kappa shape index (κ3) is 5.44. The zero-order chi connectivity index (χ0) is 17.2. The largest absolute Gasteiger partial charge is 0.351 e. The average Bonchev–Trinajstić information content (AvgIpc) is 2.96. The van der Waals surface area contributed by atoms with E-state index in [0.717, 1.165) is 30.2 Å². The van der Waals surface area contributed by atoms with Crippen LogP contribution in [0.3, 0.4) is 0 Å². The lowest BCUT2D eigenvalue weighted by atomic mass is 10.3. The van der Waals surface area contributed by atoms with E-state index in [1.54, 1.807) is 6.08 Å². The Balaban J connectivity index is 1.64. The van der Waals surface area contributed by atoms with Gasteiger partial charge in [0.15, 0.2) is 0 Å². The second kappa shape index (κ2) is 9.36. The van der Waals surface area contributed by atoms with Crippen molar-refractivity contribution in [1.29, 1.82) is 0 Å². The van der Waals surface area contributed by atoms with Crippen LogP contribution >= 0.6 is 0 Å². The molecule has 2 rings (SSSR count). The fraction of sp³-hybridized carbons (Fsp3) is 0.294. The molecular formula is C17H22N6O. The highest BCUT2D eigenvalue weighted by Gasteiger charge is 2.05. The molecule has 0 fully saturated rings. The molecule has 0 saturated heterocycles. The van der Waals surface area contributed by atoms with Crippen LogP contribution in [0, 0.1) is 6.92 Å². The molecule has 0 aliphatic carbocycles. The molecule has 7 heteroatoms. The summed E-state index contributed by atoms with van der Waals surface area (Å²) in [5, 5.41) is 6.11. The summed E-state index contributed by atoms with van der Waals surface area (Å²) < 4.78 is 0. The van der Waals surface area contributed by atoms with Crippen LogP contribution in [0.2, 0.25) is 0 Å². The minimum absolute atomic E-state index is 0.205. The maximum absolute atomic E-state index is 11.8. The van der Waals surface area contributed by atoms with Crippen LogP contribution in [0.15, 0.2) is 37.3 Å². The molecule has 2 aromatic heterocycles. The molecule has 2 heterocycles. The Morgan fingerprint density at radius 1 is 1.38 bits per heavy atom. The number of aryl methyl sites for hydroxylation is 1. The van der Waals surface area contributed by atoms with Crippen LogP contribution in [0.25, 0.3) is 6.08 Å². The Bertz CT molecular complexity index is 692. The molecule has 7 nitrogen and oxygen atoms in total. The quantitative estimate of drug-likeness (QED) is 0.481. The molecule has 0 aromatic carbocycles. The summed E-state index contributed by atoms with van der Waals surface area (Å²) in [6.07, 6.45) is 10.8. The number of rotatable bonds is 9. The van der Waals surface area contributed by atoms with Crippen LogP contribution in [-0.2, 0) is 6.54 Å². The number of carbonyl (C=O) groups excluding carboxylic acids is 1. The molecule has 126 valence electrons. The molecule has 0 atom stereocenters. The van der Waals surface area contributed by atoms with Gasteiger partial charge in [-0.3, -0.25) is 9.78 Å². The van der Waals surface area contributed by atoms with Gasteiger partial charge in [-0.2, -0.15) is 0 Å². The summed E-state index contributed by atoms with van der Waals surface area (Å²) in [7, 11) is 0. The normalized spacial score (nSPS) is 10.9. The van der Waals surface area contributed by atoms with Gasteiger partial charge in [0.25, 0.3) is 5.91 Å². The van der Waals surface area contributed by atoms with Crippen LogP contribution in [0.4, 0.5) is 0 Å². The first-order chi connectivity index (χ1) is 11.7. The topological polar surface area (TPSA) is 95.6 Å². The highest BCUT2D eigenvalue weighted by atomic mass is 16.1. The van der Waals surface area contributed by atoms with Gasteiger partial charge < -0.3 is 15.6 Å². The molecule has 0 spiro atoms. The predicted molar refractivity (Wildman–Crippen MR) is 93.2 cm³/mol. The molecule has 0 radical (unpaired) electrons. The minimum atomic E-state index is -0.205. The first kappa shape index (κ1) is 17.6. The summed E-state index contributed by atoms with van der Waals surface area (Å²) in [6, 6.07) is 0. The first-order valence-corrected chi connectivity index (χ1v) is 7.80. The second-order valence-corrected chi connectivity index (χ2v) is 5.15. The third-order valence-corrected chi connectivity index (χ3v) is 3.27. The lowest BCUT2D eigenvalue weighted by Gasteiger charge is -2.05. The highest BCUT2D eigenvalue weighted by molar-refractivity contribution is 5.91. The van der Waals surface area contributed by atoms with Crippen molar-refractivity contribution >= 4 is 12.0 Å². The van der Waals surface area contributed by atoms with Crippen molar-refractivity contribution in [3.8, 4) is 0 Å². The van der Waals surface area contributed by atoms with Crippen molar-refractivity contribution in [1.82, 2.24) is 30.6 Å². The Hall–Kier alpha value is -2.80. The van der Waals surface area contributed by atoms with Crippen LogP contribution < -0.4 is 10.6 Å². The fourth-order valence-electron chi connectivity index (χ4n) is 2.08. The van der Waals surface area contributed by atoms with Crippen molar-refractivity contribution in [3.63, 3.8) is 0 Å². The SMILES string of the molecule is C=C/C=C\c1[nH]c(CNCCCNC(=O)c2cnccn2)nc1C. The Morgan fingerprint density at radius 2 is 2.25 bits per heavy atom. The number of amides is 1. The minimum Gasteiger partial charge on any atom is -0.351 e. The van der Waals surface area contributed by atoms with E-state index in [-0.39, 0.29) is 5.91 Å². The van der Waals surface area contributed by atoms with Crippen LogP contribution in [-0.4, -0.2) is 38.9 Å². The van der Waals surface area contributed by atoms with Gasteiger partial charge in [0.2, 0.25) is 0 Å². The van der Waals surface area contributed by atoms with Gasteiger partial charge in [0, 0.05) is 18.9 Å². The van der Waals surface area contributed by atoms with Crippen molar-refractivity contribution < 1.29 is 4.79 Å².